The van der Waals surface area contributed by atoms with Gasteiger partial charge in [0.1, 0.15) is 0 Å². The molecule has 0 radical (unpaired) electrons. The Labute approximate surface area is 143 Å². The van der Waals surface area contributed by atoms with Gasteiger partial charge in [-0.25, -0.2) is 0 Å². The van der Waals surface area contributed by atoms with E-state index in [9.17, 15) is 0 Å². The number of thioether (sulfide) groups is 1. The largest absolute Gasteiger partial charge is 0.370 e. The van der Waals surface area contributed by atoms with Crippen molar-refractivity contribution in [1.29, 1.82) is 0 Å². The van der Waals surface area contributed by atoms with Gasteiger partial charge in [0.2, 0.25) is 0 Å². The minimum atomic E-state index is 0. The van der Waals surface area contributed by atoms with E-state index in [1.54, 1.807) is 11.8 Å². The SMILES string of the molecule is C=CCSCCN=C(N)Nc1cccc(C(C)C)c1.I. The first kappa shape index (κ1) is 19.3. The van der Waals surface area contributed by atoms with Gasteiger partial charge in [-0.05, 0) is 23.6 Å². The lowest BCUT2D eigenvalue weighted by atomic mass is 10.0. The van der Waals surface area contributed by atoms with Crippen LogP contribution in [0.5, 0.6) is 0 Å². The van der Waals surface area contributed by atoms with E-state index in [4.69, 9.17) is 5.73 Å². The second kappa shape index (κ2) is 11.0. The van der Waals surface area contributed by atoms with Crippen LogP contribution < -0.4 is 11.1 Å². The van der Waals surface area contributed by atoms with E-state index >= 15 is 0 Å². The Bertz CT molecular complexity index is 433. The van der Waals surface area contributed by atoms with Crippen LogP contribution in [0.25, 0.3) is 0 Å². The molecule has 3 N–H and O–H groups in total. The predicted octanol–water partition coefficient (Wildman–Crippen LogP) is 4.07. The van der Waals surface area contributed by atoms with Crippen molar-refractivity contribution in [3.8, 4) is 0 Å². The van der Waals surface area contributed by atoms with Crippen LogP contribution in [0.2, 0.25) is 0 Å². The molecule has 0 spiro atoms. The van der Waals surface area contributed by atoms with Gasteiger partial charge in [-0.1, -0.05) is 32.1 Å². The number of guanidine groups is 1. The molecule has 0 bridgehead atoms. The van der Waals surface area contributed by atoms with E-state index in [1.165, 1.54) is 5.56 Å². The number of benzene rings is 1. The normalized spacial score (nSPS) is 11.1. The van der Waals surface area contributed by atoms with Crippen molar-refractivity contribution in [3.05, 3.63) is 42.5 Å². The summed E-state index contributed by atoms with van der Waals surface area (Å²) in [4.78, 5) is 4.29. The van der Waals surface area contributed by atoms with E-state index in [0.29, 0.717) is 11.9 Å². The zero-order chi connectivity index (χ0) is 14.1. The average molecular weight is 405 g/mol. The van der Waals surface area contributed by atoms with E-state index < -0.39 is 0 Å². The van der Waals surface area contributed by atoms with Gasteiger partial charge in [0, 0.05) is 17.2 Å². The maximum Gasteiger partial charge on any atom is 0.193 e. The molecule has 0 aromatic heterocycles. The molecular formula is C15H24IN3S. The van der Waals surface area contributed by atoms with Crippen LogP contribution in [0, 0.1) is 0 Å². The fourth-order valence-electron chi connectivity index (χ4n) is 1.56. The molecule has 0 saturated carbocycles. The minimum absolute atomic E-state index is 0. The van der Waals surface area contributed by atoms with Crippen LogP contribution in [0.4, 0.5) is 5.69 Å². The molecule has 3 nitrogen and oxygen atoms in total. The number of anilines is 1. The molecular weight excluding hydrogens is 381 g/mol. The van der Waals surface area contributed by atoms with Crippen molar-refractivity contribution in [2.24, 2.45) is 10.7 Å². The Morgan fingerprint density at radius 1 is 1.50 bits per heavy atom. The Balaban J connectivity index is 0.00000361. The lowest BCUT2D eigenvalue weighted by molar-refractivity contribution is 0.867. The lowest BCUT2D eigenvalue weighted by Crippen LogP contribution is -2.23. The molecule has 0 amide bonds. The molecule has 1 rings (SSSR count). The van der Waals surface area contributed by atoms with Crippen molar-refractivity contribution in [3.63, 3.8) is 0 Å². The van der Waals surface area contributed by atoms with E-state index in [1.807, 2.05) is 18.2 Å². The first-order valence-corrected chi connectivity index (χ1v) is 7.64. The molecule has 0 aliphatic carbocycles. The number of halogens is 1. The molecule has 112 valence electrons. The smallest absolute Gasteiger partial charge is 0.193 e. The number of nitrogens with one attached hydrogen (secondary N) is 1. The number of aliphatic imine (C=N–C) groups is 1. The average Bonchev–Trinajstić information content (AvgIpc) is 2.38. The second-order valence-corrected chi connectivity index (χ2v) is 5.69. The highest BCUT2D eigenvalue weighted by Crippen LogP contribution is 2.18. The lowest BCUT2D eigenvalue weighted by Gasteiger charge is -2.09. The summed E-state index contributed by atoms with van der Waals surface area (Å²) in [6.07, 6.45) is 1.90. The monoisotopic (exact) mass is 405 g/mol. The summed E-state index contributed by atoms with van der Waals surface area (Å²) in [5.41, 5.74) is 8.14. The second-order valence-electron chi connectivity index (χ2n) is 4.54. The van der Waals surface area contributed by atoms with Gasteiger partial charge in [-0.2, -0.15) is 11.8 Å². The Kier molecular flexibility index (Phi) is 10.6. The summed E-state index contributed by atoms with van der Waals surface area (Å²) < 4.78 is 0. The number of rotatable bonds is 7. The van der Waals surface area contributed by atoms with Crippen LogP contribution in [0.1, 0.15) is 25.3 Å². The molecule has 0 unspecified atom stereocenters. The predicted molar refractivity (Wildman–Crippen MR) is 104 cm³/mol. The number of hydrogen-bond donors (Lipinski definition) is 2. The zero-order valence-corrected chi connectivity index (χ0v) is 15.3. The Morgan fingerprint density at radius 3 is 2.90 bits per heavy atom. The molecule has 0 saturated heterocycles. The fourth-order valence-corrected chi connectivity index (χ4v) is 2.11. The van der Waals surface area contributed by atoms with Gasteiger partial charge in [-0.3, -0.25) is 4.99 Å². The van der Waals surface area contributed by atoms with Crippen LogP contribution in [-0.4, -0.2) is 24.0 Å². The van der Waals surface area contributed by atoms with Crippen LogP contribution in [0.3, 0.4) is 0 Å². The Morgan fingerprint density at radius 2 is 2.25 bits per heavy atom. The van der Waals surface area contributed by atoms with Crippen LogP contribution >= 0.6 is 35.7 Å². The molecule has 0 aliphatic rings. The van der Waals surface area contributed by atoms with E-state index in [0.717, 1.165) is 23.7 Å². The molecule has 20 heavy (non-hydrogen) atoms. The molecule has 1 aromatic rings. The highest BCUT2D eigenvalue weighted by atomic mass is 127. The minimum Gasteiger partial charge on any atom is -0.370 e. The number of nitrogens with zero attached hydrogens (tertiary/aromatic N) is 1. The third-order valence-electron chi connectivity index (χ3n) is 2.58. The highest BCUT2D eigenvalue weighted by Gasteiger charge is 2.00. The van der Waals surface area contributed by atoms with Gasteiger partial charge < -0.3 is 11.1 Å². The fraction of sp³-hybridized carbons (Fsp3) is 0.400. The van der Waals surface area contributed by atoms with Gasteiger partial charge in [0.05, 0.1) is 6.54 Å². The van der Waals surface area contributed by atoms with E-state index in [2.05, 4.69) is 42.9 Å². The van der Waals surface area contributed by atoms with Crippen molar-refractivity contribution < 1.29 is 0 Å². The zero-order valence-electron chi connectivity index (χ0n) is 12.1. The number of nitrogens with two attached hydrogens (primary N) is 1. The number of hydrogen-bond acceptors (Lipinski definition) is 2. The molecule has 0 aliphatic heterocycles. The van der Waals surface area contributed by atoms with Gasteiger partial charge in [0.25, 0.3) is 0 Å². The third-order valence-corrected chi connectivity index (χ3v) is 3.52. The molecule has 0 atom stereocenters. The summed E-state index contributed by atoms with van der Waals surface area (Å²) >= 11 is 1.80. The quantitative estimate of drug-likeness (QED) is 0.236. The topological polar surface area (TPSA) is 50.4 Å². The molecule has 1 aromatic carbocycles. The first-order chi connectivity index (χ1) is 9.13. The van der Waals surface area contributed by atoms with Gasteiger partial charge in [0.15, 0.2) is 5.96 Å². The molecule has 0 fully saturated rings. The maximum atomic E-state index is 5.86. The summed E-state index contributed by atoms with van der Waals surface area (Å²) in [6.45, 7) is 8.75. The summed E-state index contributed by atoms with van der Waals surface area (Å²) in [7, 11) is 0. The van der Waals surface area contributed by atoms with Crippen molar-refractivity contribution in [2.45, 2.75) is 19.8 Å². The molecule has 5 heteroatoms. The van der Waals surface area contributed by atoms with Crippen molar-refractivity contribution in [1.82, 2.24) is 0 Å². The van der Waals surface area contributed by atoms with Gasteiger partial charge >= 0.3 is 0 Å². The summed E-state index contributed by atoms with van der Waals surface area (Å²) in [6, 6.07) is 8.26. The Hall–Kier alpha value is -0.690. The maximum absolute atomic E-state index is 5.86. The standard InChI is InChI=1S/C15H23N3S.HI/c1-4-9-19-10-8-17-15(16)18-14-7-5-6-13(11-14)12(2)3;/h4-7,11-12H,1,8-10H2,2-3H3,(H3,16,17,18);1H. The van der Waals surface area contributed by atoms with Crippen LogP contribution in [0.15, 0.2) is 41.9 Å². The highest BCUT2D eigenvalue weighted by molar-refractivity contribution is 14.0. The van der Waals surface area contributed by atoms with E-state index in [-0.39, 0.29) is 24.0 Å². The summed E-state index contributed by atoms with van der Waals surface area (Å²) in [5.74, 6) is 2.90. The summed E-state index contributed by atoms with van der Waals surface area (Å²) in [5, 5.41) is 3.13. The first-order valence-electron chi connectivity index (χ1n) is 6.49. The van der Waals surface area contributed by atoms with Gasteiger partial charge in [-0.15, -0.1) is 30.6 Å². The van der Waals surface area contributed by atoms with Crippen molar-refractivity contribution in [2.75, 3.05) is 23.4 Å². The molecule has 0 heterocycles. The van der Waals surface area contributed by atoms with Crippen LogP contribution in [-0.2, 0) is 0 Å². The van der Waals surface area contributed by atoms with Crippen molar-refractivity contribution >= 4 is 47.4 Å². The third kappa shape index (κ3) is 7.79.